The lowest BCUT2D eigenvalue weighted by Crippen LogP contribution is -2.56. The second-order valence-electron chi connectivity index (χ2n) is 7.28. The number of hydrogen-bond donors (Lipinski definition) is 0. The number of carbonyl (C=O) groups is 1. The fourth-order valence-corrected chi connectivity index (χ4v) is 4.38. The number of likely N-dealkylation sites (N-methyl/N-ethyl adjacent to an activating group) is 2. The highest BCUT2D eigenvalue weighted by molar-refractivity contribution is 5.82. The second-order valence-corrected chi connectivity index (χ2v) is 7.28. The van der Waals surface area contributed by atoms with Crippen molar-refractivity contribution in [3.63, 3.8) is 0 Å². The van der Waals surface area contributed by atoms with Gasteiger partial charge in [0.05, 0.1) is 6.04 Å². The zero-order valence-electron chi connectivity index (χ0n) is 14.7. The van der Waals surface area contributed by atoms with Gasteiger partial charge in [-0.05, 0) is 32.9 Å². The molecule has 3 rings (SSSR count). The molecule has 1 aromatic carbocycles. The average molecular weight is 315 g/mol. The monoisotopic (exact) mass is 315 g/mol. The molecule has 0 aliphatic carbocycles. The van der Waals surface area contributed by atoms with Gasteiger partial charge in [0, 0.05) is 44.7 Å². The molecule has 2 saturated heterocycles. The maximum absolute atomic E-state index is 12.7. The fraction of sp³-hybridized carbons (Fsp3) is 0.632. The third kappa shape index (κ3) is 3.29. The lowest BCUT2D eigenvalue weighted by molar-refractivity contribution is -0.135. The van der Waals surface area contributed by atoms with Gasteiger partial charge in [-0.1, -0.05) is 30.3 Å². The van der Waals surface area contributed by atoms with Crippen molar-refractivity contribution < 1.29 is 4.79 Å². The highest BCUT2D eigenvalue weighted by Crippen LogP contribution is 2.42. The van der Waals surface area contributed by atoms with Crippen molar-refractivity contribution in [2.75, 3.05) is 39.8 Å². The molecule has 1 aromatic rings. The van der Waals surface area contributed by atoms with Crippen LogP contribution in [0.4, 0.5) is 0 Å². The summed E-state index contributed by atoms with van der Waals surface area (Å²) >= 11 is 0. The van der Waals surface area contributed by atoms with Crippen LogP contribution in [0.3, 0.4) is 0 Å². The van der Waals surface area contributed by atoms with Gasteiger partial charge >= 0.3 is 0 Å². The van der Waals surface area contributed by atoms with Gasteiger partial charge in [0.1, 0.15) is 0 Å². The molecule has 1 atom stereocenters. The molecule has 0 bridgehead atoms. The molecule has 0 aromatic heterocycles. The zero-order valence-corrected chi connectivity index (χ0v) is 14.7. The third-order valence-corrected chi connectivity index (χ3v) is 5.47. The Labute approximate surface area is 140 Å². The fourth-order valence-electron chi connectivity index (χ4n) is 4.38. The summed E-state index contributed by atoms with van der Waals surface area (Å²) in [6.07, 6.45) is 1.02. The molecule has 23 heavy (non-hydrogen) atoms. The van der Waals surface area contributed by atoms with Gasteiger partial charge in [0.2, 0.25) is 5.91 Å². The topological polar surface area (TPSA) is 26.8 Å². The van der Waals surface area contributed by atoms with Crippen molar-refractivity contribution in [3.8, 4) is 0 Å². The van der Waals surface area contributed by atoms with Crippen molar-refractivity contribution >= 4 is 5.91 Å². The van der Waals surface area contributed by atoms with E-state index in [1.807, 2.05) is 4.90 Å². The van der Waals surface area contributed by atoms with E-state index in [1.54, 1.807) is 0 Å². The Balaban J connectivity index is 1.56. The Morgan fingerprint density at radius 3 is 2.43 bits per heavy atom. The summed E-state index contributed by atoms with van der Waals surface area (Å²) < 4.78 is 0. The molecule has 126 valence electrons. The minimum atomic E-state index is 0.0776. The van der Waals surface area contributed by atoms with E-state index in [0.717, 1.165) is 45.7 Å². The first-order valence-electron chi connectivity index (χ1n) is 8.82. The number of carbonyl (C=O) groups excluding carboxylic acids is 1. The second kappa shape index (κ2) is 6.62. The van der Waals surface area contributed by atoms with Crippen LogP contribution < -0.4 is 0 Å². The van der Waals surface area contributed by atoms with Crippen molar-refractivity contribution in [3.05, 3.63) is 35.9 Å². The number of nitrogens with zero attached hydrogens (tertiary/aromatic N) is 3. The lowest BCUT2D eigenvalue weighted by Gasteiger charge is -2.48. The van der Waals surface area contributed by atoms with Gasteiger partial charge in [-0.2, -0.15) is 0 Å². The summed E-state index contributed by atoms with van der Waals surface area (Å²) in [7, 11) is 2.11. The van der Waals surface area contributed by atoms with Crippen LogP contribution in [-0.4, -0.2) is 66.4 Å². The zero-order chi connectivity index (χ0) is 16.4. The summed E-state index contributed by atoms with van der Waals surface area (Å²) in [5, 5.41) is 0. The quantitative estimate of drug-likeness (QED) is 0.832. The standard InChI is InChI=1S/C19H29N3O/c1-4-22(5-2)18(23)17-11-19(13-20(17)3)14-21(15-19)12-16-9-7-6-8-10-16/h6-10,17H,4-5,11-15H2,1-3H3/t17-/m0/s1. The molecule has 0 unspecified atom stereocenters. The number of rotatable bonds is 5. The molecular weight excluding hydrogens is 286 g/mol. The molecule has 4 heteroatoms. The Morgan fingerprint density at radius 1 is 1.17 bits per heavy atom. The van der Waals surface area contributed by atoms with Crippen LogP contribution in [-0.2, 0) is 11.3 Å². The molecule has 0 N–H and O–H groups in total. The molecule has 2 aliphatic rings. The maximum Gasteiger partial charge on any atom is 0.239 e. The van der Waals surface area contributed by atoms with E-state index in [2.05, 4.69) is 61.0 Å². The summed E-state index contributed by atoms with van der Waals surface area (Å²) in [6.45, 7) is 10.1. The van der Waals surface area contributed by atoms with Crippen LogP contribution in [0, 0.1) is 5.41 Å². The van der Waals surface area contributed by atoms with Crippen LogP contribution in [0.15, 0.2) is 30.3 Å². The molecule has 2 aliphatic heterocycles. The number of benzene rings is 1. The predicted molar refractivity (Wildman–Crippen MR) is 93.1 cm³/mol. The highest BCUT2D eigenvalue weighted by Gasteiger charge is 2.52. The van der Waals surface area contributed by atoms with Crippen LogP contribution in [0.2, 0.25) is 0 Å². The van der Waals surface area contributed by atoms with Gasteiger partial charge < -0.3 is 4.90 Å². The molecule has 1 amide bonds. The normalized spacial score (nSPS) is 23.9. The van der Waals surface area contributed by atoms with E-state index in [4.69, 9.17) is 0 Å². The van der Waals surface area contributed by atoms with Crippen LogP contribution in [0.25, 0.3) is 0 Å². The molecule has 0 radical (unpaired) electrons. The highest BCUT2D eigenvalue weighted by atomic mass is 16.2. The Hall–Kier alpha value is -1.39. The first-order chi connectivity index (χ1) is 11.1. The summed E-state index contributed by atoms with van der Waals surface area (Å²) in [4.78, 5) is 19.4. The van der Waals surface area contributed by atoms with E-state index < -0.39 is 0 Å². The van der Waals surface area contributed by atoms with Crippen molar-refractivity contribution in [1.29, 1.82) is 0 Å². The molecule has 4 nitrogen and oxygen atoms in total. The maximum atomic E-state index is 12.7. The van der Waals surface area contributed by atoms with E-state index in [1.165, 1.54) is 5.56 Å². The summed E-state index contributed by atoms with van der Waals surface area (Å²) in [5.41, 5.74) is 1.71. The smallest absolute Gasteiger partial charge is 0.239 e. The van der Waals surface area contributed by atoms with Gasteiger partial charge in [-0.25, -0.2) is 0 Å². The van der Waals surface area contributed by atoms with Gasteiger partial charge in [-0.15, -0.1) is 0 Å². The minimum absolute atomic E-state index is 0.0776. The Kier molecular flexibility index (Phi) is 4.74. The predicted octanol–water partition coefficient (Wildman–Crippen LogP) is 2.06. The average Bonchev–Trinajstić information content (AvgIpc) is 2.87. The van der Waals surface area contributed by atoms with Gasteiger partial charge in [-0.3, -0.25) is 14.6 Å². The van der Waals surface area contributed by atoms with E-state index in [9.17, 15) is 4.79 Å². The minimum Gasteiger partial charge on any atom is -0.342 e. The molecule has 0 saturated carbocycles. The van der Waals surface area contributed by atoms with Gasteiger partial charge in [0.25, 0.3) is 0 Å². The van der Waals surface area contributed by atoms with Crippen molar-refractivity contribution in [2.24, 2.45) is 5.41 Å². The van der Waals surface area contributed by atoms with Crippen LogP contribution >= 0.6 is 0 Å². The number of amides is 1. The van der Waals surface area contributed by atoms with Crippen LogP contribution in [0.1, 0.15) is 25.8 Å². The SMILES string of the molecule is CCN(CC)C(=O)[C@@H]1CC2(CN(Cc3ccccc3)C2)CN1C. The summed E-state index contributed by atoms with van der Waals surface area (Å²) in [5.74, 6) is 0.316. The van der Waals surface area contributed by atoms with Crippen molar-refractivity contribution in [1.82, 2.24) is 14.7 Å². The first kappa shape index (κ1) is 16.5. The first-order valence-corrected chi connectivity index (χ1v) is 8.82. The number of hydrogen-bond acceptors (Lipinski definition) is 3. The largest absolute Gasteiger partial charge is 0.342 e. The van der Waals surface area contributed by atoms with Crippen molar-refractivity contribution in [2.45, 2.75) is 32.9 Å². The van der Waals surface area contributed by atoms with E-state index >= 15 is 0 Å². The molecular formula is C19H29N3O. The molecule has 2 fully saturated rings. The lowest BCUT2D eigenvalue weighted by atomic mass is 9.77. The van der Waals surface area contributed by atoms with Crippen LogP contribution in [0.5, 0.6) is 0 Å². The number of likely N-dealkylation sites (tertiary alicyclic amines) is 2. The Morgan fingerprint density at radius 2 is 1.83 bits per heavy atom. The third-order valence-electron chi connectivity index (χ3n) is 5.47. The van der Waals surface area contributed by atoms with E-state index in [-0.39, 0.29) is 6.04 Å². The Bertz CT molecular complexity index is 535. The van der Waals surface area contributed by atoms with Gasteiger partial charge in [0.15, 0.2) is 0 Å². The molecule has 1 spiro atoms. The molecule has 2 heterocycles. The van der Waals surface area contributed by atoms with E-state index in [0.29, 0.717) is 11.3 Å². The summed E-state index contributed by atoms with van der Waals surface area (Å²) in [6, 6.07) is 10.7.